The quantitative estimate of drug-likeness (QED) is 0.786. The molecule has 8 heteroatoms. The lowest BCUT2D eigenvalue weighted by Crippen LogP contribution is -2.33. The first kappa shape index (κ1) is 16.3. The average molecular weight is 342 g/mol. The zero-order valence-electron chi connectivity index (χ0n) is 13.1. The highest BCUT2D eigenvalue weighted by atomic mass is 16.7. The molecule has 0 fully saturated rings. The van der Waals surface area contributed by atoms with Crippen LogP contribution in [0, 0.1) is 5.41 Å². The van der Waals surface area contributed by atoms with Crippen molar-refractivity contribution in [2.45, 2.75) is 6.92 Å². The summed E-state index contributed by atoms with van der Waals surface area (Å²) in [7, 11) is 0. The minimum atomic E-state index is -1.25. The van der Waals surface area contributed by atoms with Crippen molar-refractivity contribution >= 4 is 17.8 Å². The Kier molecular flexibility index (Phi) is 3.80. The zero-order valence-corrected chi connectivity index (χ0v) is 13.1. The first-order valence-corrected chi connectivity index (χ1v) is 7.29. The molecule has 1 aromatic rings. The molecule has 2 N–H and O–H groups in total. The fraction of sp³-hybridized carbons (Fsp3) is 0.118. The summed E-state index contributed by atoms with van der Waals surface area (Å²) in [6, 6.07) is 2.34. The summed E-state index contributed by atoms with van der Waals surface area (Å²) < 4.78 is 0.589. The number of carbonyl (C=O) groups excluding carboxylic acids is 3. The first-order valence-electron chi connectivity index (χ1n) is 7.29. The SMILES string of the molecule is CC1(C(=O)On2c(O)ccc2O)C=CC=C(N2C(=O)C=CC2=O)C=C1. The van der Waals surface area contributed by atoms with Crippen molar-refractivity contribution in [2.24, 2.45) is 5.41 Å². The van der Waals surface area contributed by atoms with Gasteiger partial charge in [-0.3, -0.25) is 9.59 Å². The molecule has 2 aliphatic rings. The molecule has 0 spiro atoms. The predicted molar refractivity (Wildman–Crippen MR) is 84.8 cm³/mol. The highest BCUT2D eigenvalue weighted by Gasteiger charge is 2.33. The van der Waals surface area contributed by atoms with E-state index in [1.54, 1.807) is 6.92 Å². The van der Waals surface area contributed by atoms with Crippen molar-refractivity contribution < 1.29 is 29.4 Å². The summed E-state index contributed by atoms with van der Waals surface area (Å²) in [6.07, 6.45) is 9.79. The maximum absolute atomic E-state index is 12.5. The van der Waals surface area contributed by atoms with E-state index in [1.165, 1.54) is 42.5 Å². The third-order valence-corrected chi connectivity index (χ3v) is 3.79. The number of carbonyl (C=O) groups is 3. The third kappa shape index (κ3) is 2.85. The molecule has 1 atom stereocenters. The van der Waals surface area contributed by atoms with Gasteiger partial charge in [-0.2, -0.15) is 0 Å². The van der Waals surface area contributed by atoms with Crippen LogP contribution >= 0.6 is 0 Å². The van der Waals surface area contributed by atoms with Gasteiger partial charge in [-0.15, -0.1) is 4.73 Å². The summed E-state index contributed by atoms with van der Waals surface area (Å²) in [5.74, 6) is -2.60. The second-order valence-corrected chi connectivity index (χ2v) is 5.63. The molecule has 1 aliphatic heterocycles. The van der Waals surface area contributed by atoms with Crippen LogP contribution < -0.4 is 4.84 Å². The Morgan fingerprint density at radius 1 is 1.04 bits per heavy atom. The lowest BCUT2D eigenvalue weighted by Gasteiger charge is -2.20. The van der Waals surface area contributed by atoms with Crippen LogP contribution in [0.2, 0.25) is 0 Å². The molecule has 8 nitrogen and oxygen atoms in total. The number of amides is 2. The number of rotatable bonds is 3. The second kappa shape index (κ2) is 5.82. The molecular formula is C17H14N2O6. The number of nitrogens with zero attached hydrogens (tertiary/aromatic N) is 2. The van der Waals surface area contributed by atoms with E-state index < -0.39 is 35.0 Å². The molecule has 0 bridgehead atoms. The van der Waals surface area contributed by atoms with E-state index in [4.69, 9.17) is 4.84 Å². The summed E-state index contributed by atoms with van der Waals surface area (Å²) in [4.78, 5) is 41.9. The van der Waals surface area contributed by atoms with Crippen LogP contribution in [0.25, 0.3) is 0 Å². The standard InChI is InChI=1S/C17H14N2O6/c1-17(16(24)25-19-14(22)6-7-15(19)23)9-2-3-11(8-10-17)18-12(20)4-5-13(18)21/h2-10,22-23H,1H3. The van der Waals surface area contributed by atoms with E-state index in [0.29, 0.717) is 10.4 Å². The van der Waals surface area contributed by atoms with Gasteiger partial charge in [-0.1, -0.05) is 18.2 Å². The smallest absolute Gasteiger partial charge is 0.346 e. The largest absolute Gasteiger partial charge is 0.492 e. The monoisotopic (exact) mass is 342 g/mol. The van der Waals surface area contributed by atoms with Gasteiger partial charge >= 0.3 is 5.97 Å². The second-order valence-electron chi connectivity index (χ2n) is 5.63. The summed E-state index contributed by atoms with van der Waals surface area (Å²) >= 11 is 0. The van der Waals surface area contributed by atoms with Gasteiger partial charge in [0.1, 0.15) is 5.41 Å². The Morgan fingerprint density at radius 3 is 2.24 bits per heavy atom. The molecule has 2 amide bonds. The van der Waals surface area contributed by atoms with E-state index in [2.05, 4.69) is 0 Å². The zero-order chi connectivity index (χ0) is 18.2. The van der Waals surface area contributed by atoms with Crippen molar-refractivity contribution in [1.82, 2.24) is 9.63 Å². The number of hydrogen-bond acceptors (Lipinski definition) is 6. The van der Waals surface area contributed by atoms with Gasteiger partial charge in [0.2, 0.25) is 11.8 Å². The highest BCUT2D eigenvalue weighted by molar-refractivity contribution is 6.14. The van der Waals surface area contributed by atoms with Gasteiger partial charge in [-0.25, -0.2) is 9.69 Å². The average Bonchev–Trinajstić information content (AvgIpc) is 2.98. The molecule has 0 saturated heterocycles. The van der Waals surface area contributed by atoms with Crippen molar-refractivity contribution in [2.75, 3.05) is 0 Å². The van der Waals surface area contributed by atoms with E-state index >= 15 is 0 Å². The van der Waals surface area contributed by atoms with Gasteiger partial charge in [0, 0.05) is 24.3 Å². The molecule has 25 heavy (non-hydrogen) atoms. The van der Waals surface area contributed by atoms with Crippen molar-refractivity contribution in [3.8, 4) is 11.8 Å². The minimum absolute atomic E-state index is 0.305. The molecule has 128 valence electrons. The van der Waals surface area contributed by atoms with Crippen LogP contribution in [-0.4, -0.2) is 37.6 Å². The van der Waals surface area contributed by atoms with Gasteiger partial charge in [0.15, 0.2) is 0 Å². The molecule has 0 radical (unpaired) electrons. The minimum Gasteiger partial charge on any atom is -0.492 e. The van der Waals surface area contributed by atoms with Crippen LogP contribution in [0.15, 0.2) is 60.4 Å². The Labute approximate surface area is 142 Å². The first-order chi connectivity index (χ1) is 11.8. The fourth-order valence-electron chi connectivity index (χ4n) is 2.33. The highest BCUT2D eigenvalue weighted by Crippen LogP contribution is 2.28. The maximum atomic E-state index is 12.5. The molecule has 1 unspecified atom stereocenters. The summed E-state index contributed by atoms with van der Waals surface area (Å²) in [5.41, 5.74) is -0.944. The predicted octanol–water partition coefficient (Wildman–Crippen LogP) is 0.796. The lowest BCUT2D eigenvalue weighted by atomic mass is 9.90. The topological polar surface area (TPSA) is 109 Å². The Balaban J connectivity index is 1.82. The number of aromatic nitrogens is 1. The van der Waals surface area contributed by atoms with Crippen LogP contribution in [-0.2, 0) is 14.4 Å². The molecule has 0 aromatic carbocycles. The Morgan fingerprint density at radius 2 is 1.64 bits per heavy atom. The van der Waals surface area contributed by atoms with Crippen molar-refractivity contribution in [1.29, 1.82) is 0 Å². The molecule has 2 heterocycles. The van der Waals surface area contributed by atoms with E-state index in [9.17, 15) is 24.6 Å². The summed E-state index contributed by atoms with van der Waals surface area (Å²) in [6.45, 7) is 1.54. The molecule has 0 saturated carbocycles. The summed E-state index contributed by atoms with van der Waals surface area (Å²) in [5, 5.41) is 19.1. The number of aromatic hydroxyl groups is 2. The van der Waals surface area contributed by atoms with Crippen LogP contribution in [0.1, 0.15) is 6.92 Å². The molecule has 1 aromatic heterocycles. The van der Waals surface area contributed by atoms with Gasteiger partial charge < -0.3 is 15.1 Å². The van der Waals surface area contributed by atoms with Crippen LogP contribution in [0.5, 0.6) is 11.8 Å². The van der Waals surface area contributed by atoms with E-state index in [1.807, 2.05) is 0 Å². The maximum Gasteiger partial charge on any atom is 0.346 e. The molecular weight excluding hydrogens is 328 g/mol. The third-order valence-electron chi connectivity index (χ3n) is 3.79. The van der Waals surface area contributed by atoms with Crippen LogP contribution in [0.3, 0.4) is 0 Å². The number of imide groups is 1. The van der Waals surface area contributed by atoms with E-state index in [-0.39, 0.29) is 0 Å². The fourth-order valence-corrected chi connectivity index (χ4v) is 2.33. The van der Waals surface area contributed by atoms with E-state index in [0.717, 1.165) is 17.1 Å². The van der Waals surface area contributed by atoms with Crippen molar-refractivity contribution in [3.63, 3.8) is 0 Å². The van der Waals surface area contributed by atoms with Crippen molar-refractivity contribution in [3.05, 3.63) is 60.4 Å². The molecule has 3 rings (SSSR count). The van der Waals surface area contributed by atoms with Gasteiger partial charge in [0.05, 0.1) is 5.70 Å². The normalized spacial score (nSPS) is 22.3. The number of allylic oxidation sites excluding steroid dienone is 3. The Hall–Kier alpha value is -3.55. The van der Waals surface area contributed by atoms with Gasteiger partial charge in [0.25, 0.3) is 11.8 Å². The Bertz CT molecular complexity index is 851. The molecule has 1 aliphatic carbocycles. The lowest BCUT2D eigenvalue weighted by molar-refractivity contribution is -0.151. The van der Waals surface area contributed by atoms with Gasteiger partial charge in [-0.05, 0) is 19.1 Å². The van der Waals surface area contributed by atoms with Crippen LogP contribution in [0.4, 0.5) is 0 Å². The number of hydrogen-bond donors (Lipinski definition) is 2.